The van der Waals surface area contributed by atoms with Crippen molar-refractivity contribution < 1.29 is 14.3 Å². The number of aryl methyl sites for hydroxylation is 2. The molecule has 2 fully saturated rings. The van der Waals surface area contributed by atoms with E-state index in [1.54, 1.807) is 6.20 Å². The van der Waals surface area contributed by atoms with Gasteiger partial charge in [0, 0.05) is 73.1 Å². The first-order valence-corrected chi connectivity index (χ1v) is 16.6. The lowest BCUT2D eigenvalue weighted by Crippen LogP contribution is -2.44. The third-order valence-corrected chi connectivity index (χ3v) is 9.34. The number of carbonyl (C=O) groups is 2. The van der Waals surface area contributed by atoms with Crippen molar-refractivity contribution in [2.75, 3.05) is 45.9 Å². The fourth-order valence-corrected chi connectivity index (χ4v) is 6.65. The van der Waals surface area contributed by atoms with Crippen LogP contribution in [0.2, 0.25) is 0 Å². The molecule has 0 aliphatic carbocycles. The van der Waals surface area contributed by atoms with E-state index in [1.165, 1.54) is 0 Å². The summed E-state index contributed by atoms with van der Waals surface area (Å²) >= 11 is 0. The van der Waals surface area contributed by atoms with Crippen LogP contribution in [0.5, 0.6) is 0 Å². The molecule has 250 valence electrons. The van der Waals surface area contributed by atoms with Crippen molar-refractivity contribution >= 4 is 22.7 Å². The fourth-order valence-electron chi connectivity index (χ4n) is 6.65. The zero-order valence-corrected chi connectivity index (χ0v) is 28.1. The number of aromatic amines is 1. The highest BCUT2D eigenvalue weighted by atomic mass is 16.5. The Kier molecular flexibility index (Phi) is 9.34. The molecule has 2 aliphatic heterocycles. The molecule has 2 N–H and O–H groups in total. The van der Waals surface area contributed by atoms with Crippen LogP contribution >= 0.6 is 0 Å². The van der Waals surface area contributed by atoms with E-state index in [0.29, 0.717) is 24.2 Å². The maximum absolute atomic E-state index is 13.8. The van der Waals surface area contributed by atoms with E-state index in [-0.39, 0.29) is 30.0 Å². The van der Waals surface area contributed by atoms with Gasteiger partial charge in [0.15, 0.2) is 0 Å². The zero-order chi connectivity index (χ0) is 33.3. The lowest BCUT2D eigenvalue weighted by atomic mass is 9.93. The van der Waals surface area contributed by atoms with Gasteiger partial charge < -0.3 is 19.9 Å². The summed E-state index contributed by atoms with van der Waals surface area (Å²) < 4.78 is 9.44. The Morgan fingerprint density at radius 1 is 0.979 bits per heavy atom. The van der Waals surface area contributed by atoms with Gasteiger partial charge in [-0.3, -0.25) is 28.6 Å². The smallest absolute Gasteiger partial charge is 0.253 e. The number of rotatable bonds is 8. The van der Waals surface area contributed by atoms with E-state index in [2.05, 4.69) is 26.4 Å². The van der Waals surface area contributed by atoms with E-state index < -0.39 is 5.41 Å². The van der Waals surface area contributed by atoms with Gasteiger partial charge in [0.1, 0.15) is 0 Å². The molecule has 0 atom stereocenters. The Balaban J connectivity index is 1.29. The van der Waals surface area contributed by atoms with E-state index in [9.17, 15) is 14.4 Å². The maximum Gasteiger partial charge on any atom is 0.253 e. The van der Waals surface area contributed by atoms with Gasteiger partial charge in [0.2, 0.25) is 5.91 Å². The number of ether oxygens (including phenoxy) is 1. The largest absolute Gasteiger partial charge is 0.379 e. The van der Waals surface area contributed by atoms with Gasteiger partial charge >= 0.3 is 0 Å². The van der Waals surface area contributed by atoms with Crippen molar-refractivity contribution in [1.29, 1.82) is 0 Å². The highest BCUT2D eigenvalue weighted by Gasteiger charge is 2.32. The molecule has 0 bridgehead atoms. The van der Waals surface area contributed by atoms with Gasteiger partial charge in [-0.1, -0.05) is 20.8 Å². The van der Waals surface area contributed by atoms with Gasteiger partial charge in [-0.05, 0) is 56.0 Å². The van der Waals surface area contributed by atoms with Gasteiger partial charge in [-0.2, -0.15) is 10.2 Å². The normalized spacial score (nSPS) is 16.6. The number of benzene rings is 1. The molecule has 2 amide bonds. The summed E-state index contributed by atoms with van der Waals surface area (Å²) in [5.41, 5.74) is 4.66. The molecule has 0 unspecified atom stereocenters. The van der Waals surface area contributed by atoms with E-state index in [1.807, 2.05) is 73.4 Å². The van der Waals surface area contributed by atoms with E-state index >= 15 is 0 Å². The number of likely N-dealkylation sites (tertiary alicyclic amines) is 1. The van der Waals surface area contributed by atoms with Crippen molar-refractivity contribution in [3.8, 4) is 11.1 Å². The summed E-state index contributed by atoms with van der Waals surface area (Å²) in [6, 6.07) is 5.98. The molecule has 12 heteroatoms. The SMILES string of the molecule is Cc1cc(C)c(CNC(=O)c2cc(-c3cnn(CCN4CCOCC4)c3)cc3c2cnn3C2CCN(C(=O)C(C)(C)C)CC2)c(=O)[nH]1. The molecule has 12 nitrogen and oxygen atoms in total. The average Bonchev–Trinajstić information content (AvgIpc) is 3.70. The first-order chi connectivity index (χ1) is 22.5. The van der Waals surface area contributed by atoms with Crippen LogP contribution in [0.3, 0.4) is 0 Å². The summed E-state index contributed by atoms with van der Waals surface area (Å²) in [6.07, 6.45) is 7.18. The standard InChI is InChI=1S/C35H46N8O4/c1-23-16-24(2)39-33(45)29(23)20-36-32(44)28-17-25(26-19-37-42(22-26)11-10-40-12-14-47-15-13-40)18-31-30(28)21-38-43(31)27-6-8-41(9-7-27)34(46)35(3,4)5/h16-19,21-22,27H,6-15,20H2,1-5H3,(H,36,44)(H,39,45). The number of morpholine rings is 1. The number of pyridine rings is 1. The van der Waals surface area contributed by atoms with Crippen LogP contribution in [0.1, 0.15) is 66.8 Å². The quantitative estimate of drug-likeness (QED) is 0.300. The third kappa shape index (κ3) is 7.18. The van der Waals surface area contributed by atoms with Gasteiger partial charge in [-0.15, -0.1) is 0 Å². The maximum atomic E-state index is 13.8. The number of hydrogen-bond acceptors (Lipinski definition) is 7. The summed E-state index contributed by atoms with van der Waals surface area (Å²) in [5, 5.41) is 13.2. The molecular weight excluding hydrogens is 596 g/mol. The fraction of sp³-hybridized carbons (Fsp3) is 0.514. The molecule has 3 aromatic heterocycles. The van der Waals surface area contributed by atoms with Gasteiger partial charge in [0.05, 0.1) is 49.3 Å². The van der Waals surface area contributed by atoms with E-state index in [0.717, 1.165) is 85.5 Å². The van der Waals surface area contributed by atoms with Gasteiger partial charge in [-0.25, -0.2) is 0 Å². The molecule has 0 spiro atoms. The topological polar surface area (TPSA) is 130 Å². The lowest BCUT2D eigenvalue weighted by Gasteiger charge is -2.36. The Bertz CT molecular complexity index is 1820. The Morgan fingerprint density at radius 3 is 2.43 bits per heavy atom. The van der Waals surface area contributed by atoms with Crippen molar-refractivity contribution in [2.24, 2.45) is 5.41 Å². The van der Waals surface area contributed by atoms with Crippen molar-refractivity contribution in [1.82, 2.24) is 39.7 Å². The van der Waals surface area contributed by atoms with Crippen LogP contribution in [0.15, 0.2) is 41.6 Å². The monoisotopic (exact) mass is 642 g/mol. The summed E-state index contributed by atoms with van der Waals surface area (Å²) in [7, 11) is 0. The van der Waals surface area contributed by atoms with Crippen molar-refractivity contribution in [3.05, 3.63) is 69.5 Å². The second kappa shape index (κ2) is 13.4. The van der Waals surface area contributed by atoms with Gasteiger partial charge in [0.25, 0.3) is 11.5 Å². The number of carbonyl (C=O) groups excluding carboxylic acids is 2. The molecule has 1 aromatic carbocycles. The first kappa shape index (κ1) is 32.6. The number of nitrogens with zero attached hydrogens (tertiary/aromatic N) is 6. The molecule has 2 aliphatic rings. The highest BCUT2D eigenvalue weighted by molar-refractivity contribution is 6.08. The number of amides is 2. The van der Waals surface area contributed by atoms with Crippen molar-refractivity contribution in [3.63, 3.8) is 0 Å². The van der Waals surface area contributed by atoms with Crippen LogP contribution in [0.25, 0.3) is 22.0 Å². The second-order valence-electron chi connectivity index (χ2n) is 13.9. The minimum atomic E-state index is -0.420. The molecule has 47 heavy (non-hydrogen) atoms. The zero-order valence-electron chi connectivity index (χ0n) is 28.1. The molecule has 0 radical (unpaired) electrons. The van der Waals surface area contributed by atoms with Crippen LogP contribution in [0.4, 0.5) is 0 Å². The van der Waals surface area contributed by atoms with Crippen molar-refractivity contribution in [2.45, 2.75) is 66.6 Å². The Hall–Kier alpha value is -4.29. The molecular formula is C35H46N8O4. The highest BCUT2D eigenvalue weighted by Crippen LogP contribution is 2.33. The van der Waals surface area contributed by atoms with E-state index in [4.69, 9.17) is 9.84 Å². The number of fused-ring (bicyclic) bond motifs is 1. The number of piperidine rings is 1. The predicted octanol–water partition coefficient (Wildman–Crippen LogP) is 3.68. The van der Waals surface area contributed by atoms with Crippen LogP contribution in [0, 0.1) is 19.3 Å². The Labute approximate surface area is 275 Å². The lowest BCUT2D eigenvalue weighted by molar-refractivity contribution is -0.140. The summed E-state index contributed by atoms with van der Waals surface area (Å²) in [5.74, 6) is -0.114. The number of H-pyrrole nitrogens is 1. The first-order valence-electron chi connectivity index (χ1n) is 16.6. The average molecular weight is 643 g/mol. The number of nitrogens with one attached hydrogen (secondary N) is 2. The molecule has 5 heterocycles. The molecule has 6 rings (SSSR count). The van der Waals surface area contributed by atoms with Crippen LogP contribution in [-0.2, 0) is 22.6 Å². The third-order valence-electron chi connectivity index (χ3n) is 9.34. The minimum Gasteiger partial charge on any atom is -0.379 e. The molecule has 0 saturated carbocycles. The number of hydrogen-bond donors (Lipinski definition) is 2. The summed E-state index contributed by atoms with van der Waals surface area (Å²) in [4.78, 5) is 46.6. The summed E-state index contributed by atoms with van der Waals surface area (Å²) in [6.45, 7) is 16.0. The molecule has 2 saturated heterocycles. The second-order valence-corrected chi connectivity index (χ2v) is 13.9. The predicted molar refractivity (Wildman–Crippen MR) is 180 cm³/mol. The number of aromatic nitrogens is 5. The Morgan fingerprint density at radius 2 is 1.72 bits per heavy atom. The van der Waals surface area contributed by atoms with Crippen LogP contribution in [-0.4, -0.2) is 92.1 Å². The minimum absolute atomic E-state index is 0.0905. The molecule has 4 aromatic rings. The van der Waals surface area contributed by atoms with Crippen LogP contribution < -0.4 is 10.9 Å².